The molecule has 4 nitrogen and oxygen atoms in total. The number of sulfonamides is 1. The second-order valence-corrected chi connectivity index (χ2v) is 9.32. The highest BCUT2D eigenvalue weighted by atomic mass is 32.2. The Morgan fingerprint density at radius 1 is 0.962 bits per heavy atom. The highest BCUT2D eigenvalue weighted by Crippen LogP contribution is 2.38. The molecule has 2 aromatic rings. The maximum atomic E-state index is 12.9. The van der Waals surface area contributed by atoms with Crippen LogP contribution in [0, 0.1) is 5.92 Å². The van der Waals surface area contributed by atoms with Crippen LogP contribution in [0.15, 0.2) is 59.5 Å². The molecule has 0 aromatic heterocycles. The van der Waals surface area contributed by atoms with E-state index in [0.717, 1.165) is 25.4 Å². The van der Waals surface area contributed by atoms with Crippen molar-refractivity contribution < 1.29 is 8.42 Å². The van der Waals surface area contributed by atoms with Crippen LogP contribution in [0.3, 0.4) is 0 Å². The van der Waals surface area contributed by atoms with Crippen molar-refractivity contribution in [2.75, 3.05) is 13.1 Å². The molecule has 0 spiro atoms. The van der Waals surface area contributed by atoms with Crippen LogP contribution < -0.4 is 4.72 Å². The third kappa shape index (κ3) is 3.43. The first kappa shape index (κ1) is 17.7. The van der Waals surface area contributed by atoms with Gasteiger partial charge in [0, 0.05) is 6.04 Å². The summed E-state index contributed by atoms with van der Waals surface area (Å²) in [4.78, 5) is 2.81. The predicted molar refractivity (Wildman–Crippen MR) is 103 cm³/mol. The van der Waals surface area contributed by atoms with Gasteiger partial charge >= 0.3 is 0 Å². The van der Waals surface area contributed by atoms with Crippen molar-refractivity contribution >= 4 is 10.0 Å². The minimum Gasteiger partial charge on any atom is -0.295 e. The van der Waals surface area contributed by atoms with E-state index in [2.05, 4.69) is 34.7 Å². The molecule has 2 aromatic carbocycles. The Morgan fingerprint density at radius 3 is 2.35 bits per heavy atom. The zero-order chi connectivity index (χ0) is 18.1. The summed E-state index contributed by atoms with van der Waals surface area (Å²) in [5.41, 5.74) is 2.54. The fraction of sp³-hybridized carbons (Fsp3) is 0.429. The molecule has 0 amide bonds. The summed E-state index contributed by atoms with van der Waals surface area (Å²) in [5, 5.41) is 0. The van der Waals surface area contributed by atoms with Gasteiger partial charge in [0.2, 0.25) is 10.0 Å². The lowest BCUT2D eigenvalue weighted by Crippen LogP contribution is -2.46. The first-order valence-corrected chi connectivity index (χ1v) is 10.9. The number of hydrogen-bond donors (Lipinski definition) is 1. The van der Waals surface area contributed by atoms with Gasteiger partial charge in [-0.05, 0) is 61.5 Å². The summed E-state index contributed by atoms with van der Waals surface area (Å²) >= 11 is 0. The van der Waals surface area contributed by atoms with Crippen molar-refractivity contribution in [3.8, 4) is 0 Å². The predicted octanol–water partition coefficient (Wildman–Crippen LogP) is 3.36. The Morgan fingerprint density at radius 2 is 1.62 bits per heavy atom. The highest BCUT2D eigenvalue weighted by Gasteiger charge is 2.39. The van der Waals surface area contributed by atoms with Crippen LogP contribution in [0.4, 0.5) is 0 Å². The van der Waals surface area contributed by atoms with Gasteiger partial charge < -0.3 is 0 Å². The van der Waals surface area contributed by atoms with Gasteiger partial charge in [-0.2, -0.15) is 0 Å². The molecule has 0 bridgehead atoms. The monoisotopic (exact) mass is 370 g/mol. The van der Waals surface area contributed by atoms with E-state index in [1.807, 2.05) is 12.1 Å². The maximum absolute atomic E-state index is 12.9. The molecule has 0 radical (unpaired) electrons. The lowest BCUT2D eigenvalue weighted by Gasteiger charge is -2.38. The van der Waals surface area contributed by atoms with Crippen LogP contribution in [-0.4, -0.2) is 32.4 Å². The molecule has 1 N–H and O–H groups in total. The zero-order valence-corrected chi connectivity index (χ0v) is 16.0. The van der Waals surface area contributed by atoms with Crippen molar-refractivity contribution in [2.24, 2.45) is 5.92 Å². The van der Waals surface area contributed by atoms with Crippen molar-refractivity contribution in [1.82, 2.24) is 9.62 Å². The van der Waals surface area contributed by atoms with Gasteiger partial charge in [0.25, 0.3) is 0 Å². The smallest absolute Gasteiger partial charge is 0.240 e. The maximum Gasteiger partial charge on any atom is 0.240 e. The Hall–Kier alpha value is -1.69. The summed E-state index contributed by atoms with van der Waals surface area (Å²) in [6, 6.07) is 17.1. The topological polar surface area (TPSA) is 49.4 Å². The number of nitrogens with one attached hydrogen (secondary N) is 1. The average molecular weight is 371 g/mol. The number of benzene rings is 2. The lowest BCUT2D eigenvalue weighted by molar-refractivity contribution is 0.123. The molecule has 1 heterocycles. The van der Waals surface area contributed by atoms with Crippen molar-refractivity contribution in [3.05, 3.63) is 65.7 Å². The van der Waals surface area contributed by atoms with Crippen LogP contribution in [-0.2, 0) is 16.4 Å². The first-order valence-electron chi connectivity index (χ1n) is 9.44. The molecule has 1 fully saturated rings. The van der Waals surface area contributed by atoms with Gasteiger partial charge in [-0.25, -0.2) is 13.1 Å². The van der Waals surface area contributed by atoms with Crippen molar-refractivity contribution in [1.29, 1.82) is 0 Å². The minimum absolute atomic E-state index is 0.119. The van der Waals surface area contributed by atoms with Crippen LogP contribution in [0.2, 0.25) is 0 Å². The molecule has 5 heteroatoms. The van der Waals surface area contributed by atoms with E-state index >= 15 is 0 Å². The molecular weight excluding hydrogens is 344 g/mol. The zero-order valence-electron chi connectivity index (χ0n) is 15.1. The van der Waals surface area contributed by atoms with Gasteiger partial charge in [-0.1, -0.05) is 49.4 Å². The molecule has 0 unspecified atom stereocenters. The van der Waals surface area contributed by atoms with E-state index < -0.39 is 10.0 Å². The summed E-state index contributed by atoms with van der Waals surface area (Å²) in [6.45, 7) is 4.36. The Labute approximate surface area is 156 Å². The van der Waals surface area contributed by atoms with E-state index in [1.165, 1.54) is 24.0 Å². The Balaban J connectivity index is 1.62. The van der Waals surface area contributed by atoms with E-state index in [1.54, 1.807) is 24.3 Å². The number of piperidine rings is 1. The fourth-order valence-electron chi connectivity index (χ4n) is 4.30. The standard InChI is InChI=1S/C21H26N2O2S/c1-16-11-13-23(14-12-16)21-19-10-6-5-7-17(19)15-20(21)22-26(24,25)18-8-3-2-4-9-18/h2-10,16,20-22H,11-15H2,1H3/t20-,21+/m1/s1. The van der Waals surface area contributed by atoms with E-state index in [0.29, 0.717) is 4.90 Å². The van der Waals surface area contributed by atoms with Gasteiger partial charge in [-0.3, -0.25) is 4.90 Å². The number of likely N-dealkylation sites (tertiary alicyclic amines) is 1. The molecule has 1 aliphatic carbocycles. The normalized spacial score (nSPS) is 24.5. The highest BCUT2D eigenvalue weighted by molar-refractivity contribution is 7.89. The summed E-state index contributed by atoms with van der Waals surface area (Å²) < 4.78 is 28.8. The third-order valence-corrected chi connectivity index (χ3v) is 7.27. The summed E-state index contributed by atoms with van der Waals surface area (Å²) in [5.74, 6) is 0.752. The first-order chi connectivity index (χ1) is 12.5. The molecule has 1 saturated heterocycles. The number of nitrogens with zero attached hydrogens (tertiary/aromatic N) is 1. The van der Waals surface area contributed by atoms with E-state index in [-0.39, 0.29) is 12.1 Å². The van der Waals surface area contributed by atoms with Crippen molar-refractivity contribution in [2.45, 2.75) is 43.2 Å². The van der Waals surface area contributed by atoms with E-state index in [4.69, 9.17) is 0 Å². The summed E-state index contributed by atoms with van der Waals surface area (Å²) in [7, 11) is -3.52. The van der Waals surface area contributed by atoms with Gasteiger partial charge in [0.05, 0.1) is 10.9 Å². The van der Waals surface area contributed by atoms with Crippen LogP contribution in [0.25, 0.3) is 0 Å². The van der Waals surface area contributed by atoms with Crippen LogP contribution >= 0.6 is 0 Å². The molecular formula is C21H26N2O2S. The number of fused-ring (bicyclic) bond motifs is 1. The lowest BCUT2D eigenvalue weighted by atomic mass is 9.95. The SMILES string of the molecule is CC1CCN([C@H]2c3ccccc3C[C@H]2NS(=O)(=O)c2ccccc2)CC1. The summed E-state index contributed by atoms with van der Waals surface area (Å²) in [6.07, 6.45) is 3.10. The van der Waals surface area contributed by atoms with Gasteiger partial charge in [0.15, 0.2) is 0 Å². The quantitative estimate of drug-likeness (QED) is 0.898. The molecule has 138 valence electrons. The van der Waals surface area contributed by atoms with E-state index in [9.17, 15) is 8.42 Å². The second kappa shape index (κ2) is 7.14. The van der Waals surface area contributed by atoms with Crippen LogP contribution in [0.5, 0.6) is 0 Å². The largest absolute Gasteiger partial charge is 0.295 e. The number of rotatable bonds is 4. The van der Waals surface area contributed by atoms with Crippen LogP contribution in [0.1, 0.15) is 36.9 Å². The van der Waals surface area contributed by atoms with Gasteiger partial charge in [0.1, 0.15) is 0 Å². The number of hydrogen-bond acceptors (Lipinski definition) is 3. The third-order valence-electron chi connectivity index (χ3n) is 5.77. The second-order valence-electron chi connectivity index (χ2n) is 7.61. The molecule has 2 atom stereocenters. The Bertz CT molecular complexity index is 859. The fourth-order valence-corrected chi connectivity index (χ4v) is 5.57. The molecule has 1 aliphatic heterocycles. The molecule has 26 heavy (non-hydrogen) atoms. The minimum atomic E-state index is -3.52. The molecule has 0 saturated carbocycles. The Kier molecular flexibility index (Phi) is 4.86. The molecule has 2 aliphatic rings. The van der Waals surface area contributed by atoms with Gasteiger partial charge in [-0.15, -0.1) is 0 Å². The average Bonchev–Trinajstić information content (AvgIpc) is 3.00. The van der Waals surface area contributed by atoms with Crippen molar-refractivity contribution in [3.63, 3.8) is 0 Å². The molecule has 4 rings (SSSR count).